The first kappa shape index (κ1) is 19.7. The maximum atomic E-state index is 12.6. The zero-order chi connectivity index (χ0) is 18.4. The standard InChI is InChI=1S/C17H19IN2O4S/c1-12-3-8-15(11-16(12)17(21)19-9-10-24-2)25(22,23)20-14-6-4-13(18)5-7-14/h3-8,11,20H,9-10H2,1-2H3,(H,19,21). The highest BCUT2D eigenvalue weighted by atomic mass is 127. The summed E-state index contributed by atoms with van der Waals surface area (Å²) >= 11 is 2.14. The van der Waals surface area contributed by atoms with Crippen molar-refractivity contribution in [2.24, 2.45) is 0 Å². The van der Waals surface area contributed by atoms with Gasteiger partial charge >= 0.3 is 0 Å². The van der Waals surface area contributed by atoms with Crippen molar-refractivity contribution >= 4 is 44.2 Å². The van der Waals surface area contributed by atoms with Gasteiger partial charge in [0.15, 0.2) is 0 Å². The van der Waals surface area contributed by atoms with Crippen LogP contribution in [0.3, 0.4) is 0 Å². The number of hydrogen-bond donors (Lipinski definition) is 2. The number of carbonyl (C=O) groups excluding carboxylic acids is 1. The SMILES string of the molecule is COCCNC(=O)c1cc(S(=O)(=O)Nc2ccc(I)cc2)ccc1C. The minimum absolute atomic E-state index is 0.0357. The van der Waals surface area contributed by atoms with E-state index in [9.17, 15) is 13.2 Å². The zero-order valence-electron chi connectivity index (χ0n) is 13.9. The highest BCUT2D eigenvalue weighted by Crippen LogP contribution is 2.20. The molecule has 2 rings (SSSR count). The van der Waals surface area contributed by atoms with E-state index in [2.05, 4.69) is 32.6 Å². The maximum absolute atomic E-state index is 12.6. The van der Waals surface area contributed by atoms with Gasteiger partial charge in [0.05, 0.1) is 11.5 Å². The molecule has 8 heteroatoms. The molecule has 0 aromatic heterocycles. The largest absolute Gasteiger partial charge is 0.383 e. The maximum Gasteiger partial charge on any atom is 0.261 e. The van der Waals surface area contributed by atoms with Crippen LogP contribution in [0.5, 0.6) is 0 Å². The van der Waals surface area contributed by atoms with Gasteiger partial charge < -0.3 is 10.1 Å². The molecule has 134 valence electrons. The van der Waals surface area contributed by atoms with Crippen LogP contribution < -0.4 is 10.0 Å². The van der Waals surface area contributed by atoms with Crippen molar-refractivity contribution in [2.75, 3.05) is 25.0 Å². The molecule has 0 aliphatic heterocycles. The lowest BCUT2D eigenvalue weighted by Crippen LogP contribution is -2.28. The molecule has 0 aliphatic rings. The van der Waals surface area contributed by atoms with Crippen LogP contribution in [-0.2, 0) is 14.8 Å². The quantitative estimate of drug-likeness (QED) is 0.478. The first-order valence-corrected chi connectivity index (χ1v) is 10.1. The Hall–Kier alpha value is -1.65. The second-order valence-electron chi connectivity index (χ2n) is 5.34. The van der Waals surface area contributed by atoms with E-state index in [1.807, 2.05) is 12.1 Å². The number of aryl methyl sites for hydroxylation is 1. The number of methoxy groups -OCH3 is 1. The fourth-order valence-corrected chi connectivity index (χ4v) is 3.55. The number of rotatable bonds is 7. The average molecular weight is 474 g/mol. The molecule has 25 heavy (non-hydrogen) atoms. The van der Waals surface area contributed by atoms with Gasteiger partial charge in [0, 0.05) is 28.5 Å². The monoisotopic (exact) mass is 474 g/mol. The number of carbonyl (C=O) groups is 1. The molecule has 2 aromatic rings. The number of halogens is 1. The first-order valence-electron chi connectivity index (χ1n) is 7.49. The zero-order valence-corrected chi connectivity index (χ0v) is 16.8. The van der Waals surface area contributed by atoms with E-state index in [1.54, 1.807) is 32.2 Å². The summed E-state index contributed by atoms with van der Waals surface area (Å²) in [7, 11) is -2.24. The Morgan fingerprint density at radius 3 is 2.48 bits per heavy atom. The Bertz CT molecular complexity index is 851. The van der Waals surface area contributed by atoms with E-state index in [0.29, 0.717) is 30.0 Å². The number of benzene rings is 2. The van der Waals surface area contributed by atoms with Crippen LogP contribution in [0.25, 0.3) is 0 Å². The van der Waals surface area contributed by atoms with Gasteiger partial charge in [-0.05, 0) is 71.5 Å². The number of anilines is 1. The van der Waals surface area contributed by atoms with Crippen molar-refractivity contribution in [3.63, 3.8) is 0 Å². The van der Waals surface area contributed by atoms with Gasteiger partial charge in [-0.3, -0.25) is 9.52 Å². The Labute approximate surface area is 161 Å². The van der Waals surface area contributed by atoms with Crippen LogP contribution in [-0.4, -0.2) is 34.6 Å². The summed E-state index contributed by atoms with van der Waals surface area (Å²) in [5.41, 5.74) is 1.48. The minimum atomic E-state index is -3.78. The molecule has 2 aromatic carbocycles. The van der Waals surface area contributed by atoms with E-state index >= 15 is 0 Å². The summed E-state index contributed by atoms with van der Waals surface area (Å²) in [5.74, 6) is -0.333. The molecule has 0 atom stereocenters. The van der Waals surface area contributed by atoms with Gasteiger partial charge in [0.1, 0.15) is 0 Å². The summed E-state index contributed by atoms with van der Waals surface area (Å²) in [4.78, 5) is 12.3. The van der Waals surface area contributed by atoms with Crippen LogP contribution in [0.15, 0.2) is 47.4 Å². The second-order valence-corrected chi connectivity index (χ2v) is 8.27. The van der Waals surface area contributed by atoms with Crippen molar-refractivity contribution in [3.8, 4) is 0 Å². The average Bonchev–Trinajstić information content (AvgIpc) is 2.57. The third-order valence-electron chi connectivity index (χ3n) is 3.45. The molecule has 1 amide bonds. The third kappa shape index (κ3) is 5.41. The Balaban J connectivity index is 2.24. The Kier molecular flexibility index (Phi) is 6.79. The highest BCUT2D eigenvalue weighted by molar-refractivity contribution is 14.1. The van der Waals surface area contributed by atoms with Gasteiger partial charge in [-0.2, -0.15) is 0 Å². The number of sulfonamides is 1. The van der Waals surface area contributed by atoms with Gasteiger partial charge in [-0.25, -0.2) is 8.42 Å². The van der Waals surface area contributed by atoms with Crippen LogP contribution in [0, 0.1) is 10.5 Å². The van der Waals surface area contributed by atoms with Crippen molar-refractivity contribution in [1.29, 1.82) is 0 Å². The predicted molar refractivity (Wildman–Crippen MR) is 105 cm³/mol. The number of amides is 1. The molecular formula is C17H19IN2O4S. The summed E-state index contributed by atoms with van der Waals surface area (Å²) in [6.45, 7) is 2.50. The van der Waals surface area contributed by atoms with Crippen molar-refractivity contribution < 1.29 is 17.9 Å². The summed E-state index contributed by atoms with van der Waals surface area (Å²) in [5, 5.41) is 2.70. The minimum Gasteiger partial charge on any atom is -0.383 e. The molecule has 0 unspecified atom stereocenters. The lowest BCUT2D eigenvalue weighted by atomic mass is 10.1. The molecule has 0 heterocycles. The van der Waals surface area contributed by atoms with Crippen LogP contribution in [0.4, 0.5) is 5.69 Å². The molecule has 6 nitrogen and oxygen atoms in total. The summed E-state index contributed by atoms with van der Waals surface area (Å²) in [6.07, 6.45) is 0. The Morgan fingerprint density at radius 2 is 1.84 bits per heavy atom. The lowest BCUT2D eigenvalue weighted by Gasteiger charge is -2.12. The van der Waals surface area contributed by atoms with Crippen LogP contribution in [0.2, 0.25) is 0 Å². The van der Waals surface area contributed by atoms with Crippen molar-refractivity contribution in [2.45, 2.75) is 11.8 Å². The van der Waals surface area contributed by atoms with E-state index < -0.39 is 10.0 Å². The van der Waals surface area contributed by atoms with Crippen LogP contribution in [0.1, 0.15) is 15.9 Å². The van der Waals surface area contributed by atoms with Gasteiger partial charge in [-0.15, -0.1) is 0 Å². The fraction of sp³-hybridized carbons (Fsp3) is 0.235. The van der Waals surface area contributed by atoms with Gasteiger partial charge in [-0.1, -0.05) is 6.07 Å². The number of hydrogen-bond acceptors (Lipinski definition) is 4. The molecule has 0 aliphatic carbocycles. The smallest absolute Gasteiger partial charge is 0.261 e. The topological polar surface area (TPSA) is 84.5 Å². The van der Waals surface area contributed by atoms with Gasteiger partial charge in [0.2, 0.25) is 0 Å². The summed E-state index contributed by atoms with van der Waals surface area (Å²) < 4.78 is 33.5. The van der Waals surface area contributed by atoms with E-state index in [4.69, 9.17) is 4.74 Å². The highest BCUT2D eigenvalue weighted by Gasteiger charge is 2.18. The number of ether oxygens (including phenoxy) is 1. The molecule has 0 fully saturated rings. The van der Waals surface area contributed by atoms with Crippen molar-refractivity contribution in [3.05, 3.63) is 57.2 Å². The van der Waals surface area contributed by atoms with Crippen molar-refractivity contribution in [1.82, 2.24) is 5.32 Å². The Morgan fingerprint density at radius 1 is 1.16 bits per heavy atom. The number of nitrogens with one attached hydrogen (secondary N) is 2. The molecule has 0 saturated carbocycles. The van der Waals surface area contributed by atoms with E-state index in [-0.39, 0.29) is 10.8 Å². The molecule has 0 spiro atoms. The van der Waals surface area contributed by atoms with E-state index in [0.717, 1.165) is 3.57 Å². The van der Waals surface area contributed by atoms with E-state index in [1.165, 1.54) is 12.1 Å². The second kappa shape index (κ2) is 8.63. The first-order chi connectivity index (χ1) is 11.8. The normalized spacial score (nSPS) is 11.2. The lowest BCUT2D eigenvalue weighted by molar-refractivity contribution is 0.0936. The van der Waals surface area contributed by atoms with Crippen LogP contribution >= 0.6 is 22.6 Å². The molecular weight excluding hydrogens is 455 g/mol. The molecule has 0 saturated heterocycles. The van der Waals surface area contributed by atoms with Gasteiger partial charge in [0.25, 0.3) is 15.9 Å². The molecule has 0 bridgehead atoms. The fourth-order valence-electron chi connectivity index (χ4n) is 2.11. The third-order valence-corrected chi connectivity index (χ3v) is 5.55. The molecule has 2 N–H and O–H groups in total. The summed E-state index contributed by atoms with van der Waals surface area (Å²) in [6, 6.07) is 11.5. The predicted octanol–water partition coefficient (Wildman–Crippen LogP) is 2.78. The molecule has 0 radical (unpaired) electrons.